The fourth-order valence-electron chi connectivity index (χ4n) is 5.32. The zero-order valence-corrected chi connectivity index (χ0v) is 13.9. The molecule has 2 bridgehead atoms. The van der Waals surface area contributed by atoms with Crippen molar-refractivity contribution in [3.05, 3.63) is 47.0 Å². The van der Waals surface area contributed by atoms with Crippen LogP contribution in [0.1, 0.15) is 25.3 Å². The smallest absolute Gasteiger partial charge is 0.228 e. The third-order valence-electron chi connectivity index (χ3n) is 6.32. The molecule has 2 aliphatic carbocycles. The highest BCUT2D eigenvalue weighted by Crippen LogP contribution is 2.57. The maximum absolute atomic E-state index is 13.0. The maximum atomic E-state index is 13.0. The molecule has 3 nitrogen and oxygen atoms in total. The Morgan fingerprint density at radius 2 is 1.96 bits per heavy atom. The predicted molar refractivity (Wildman–Crippen MR) is 87.7 cm³/mol. The van der Waals surface area contributed by atoms with Gasteiger partial charge < -0.3 is 9.64 Å². The van der Waals surface area contributed by atoms with Crippen molar-refractivity contribution in [3.63, 3.8) is 0 Å². The number of amides is 1. The van der Waals surface area contributed by atoms with Crippen molar-refractivity contribution in [1.29, 1.82) is 0 Å². The molecule has 4 aliphatic rings. The zero-order chi connectivity index (χ0) is 15.8. The molecule has 0 N–H and O–H groups in total. The van der Waals surface area contributed by atoms with Crippen molar-refractivity contribution in [2.24, 2.45) is 23.7 Å². The first-order valence-corrected chi connectivity index (χ1v) is 8.89. The summed E-state index contributed by atoms with van der Waals surface area (Å²) in [7, 11) is 0. The Morgan fingerprint density at radius 3 is 2.74 bits per heavy atom. The number of nitrogens with zero attached hydrogens (tertiary/aromatic N) is 1. The number of hydrogen-bond acceptors (Lipinski definition) is 2. The van der Waals surface area contributed by atoms with Crippen LogP contribution in [0.3, 0.4) is 0 Å². The molecular weight excluding hydrogens is 310 g/mol. The molecule has 4 heteroatoms. The number of allylic oxidation sites excluding steroid dienone is 1. The fraction of sp³-hybridized carbons (Fsp3) is 0.526. The normalized spacial score (nSPS) is 43.8. The molecule has 0 aromatic heterocycles. The Kier molecular flexibility index (Phi) is 2.82. The minimum Gasteiger partial charge on any atom is -0.351 e. The van der Waals surface area contributed by atoms with Crippen molar-refractivity contribution in [2.75, 3.05) is 6.61 Å². The second-order valence-corrected chi connectivity index (χ2v) is 7.95. The van der Waals surface area contributed by atoms with E-state index in [2.05, 4.69) is 17.1 Å². The Morgan fingerprint density at radius 1 is 1.22 bits per heavy atom. The second kappa shape index (κ2) is 4.61. The van der Waals surface area contributed by atoms with Crippen molar-refractivity contribution in [1.82, 2.24) is 4.90 Å². The molecule has 2 heterocycles. The highest BCUT2D eigenvalue weighted by Gasteiger charge is 2.63. The summed E-state index contributed by atoms with van der Waals surface area (Å²) in [6, 6.07) is 8.13. The maximum Gasteiger partial charge on any atom is 0.228 e. The van der Waals surface area contributed by atoms with Crippen molar-refractivity contribution in [3.8, 4) is 0 Å². The summed E-state index contributed by atoms with van der Waals surface area (Å²) in [6.45, 7) is 2.77. The molecule has 1 aromatic carbocycles. The molecule has 23 heavy (non-hydrogen) atoms. The fourth-order valence-corrected chi connectivity index (χ4v) is 5.45. The SMILES string of the molecule is C[C@H]1C[C@]2(c3ccc(Cl)cc3)OC[C@@H]3[C@@H]([C@@H]4C=C[C@H]3C4)N2C1=O. The standard InChI is InChI=1S/C19H20ClNO2/c1-11-9-19(14-4-6-15(20)7-5-14)21(18(11)22)17-13-3-2-12(8-13)16(17)10-23-19/h2-7,11-13,16-17H,8-10H2,1H3/t11-,12-,13+,16-,17+,19+/m0/s1. The first kappa shape index (κ1) is 14.1. The van der Waals surface area contributed by atoms with Crippen LogP contribution in [-0.2, 0) is 15.3 Å². The van der Waals surface area contributed by atoms with Crippen molar-refractivity contribution in [2.45, 2.75) is 31.5 Å². The number of rotatable bonds is 1. The molecule has 0 spiro atoms. The van der Waals surface area contributed by atoms with Gasteiger partial charge in [0.2, 0.25) is 5.91 Å². The van der Waals surface area contributed by atoms with E-state index in [0.717, 1.165) is 18.6 Å². The Hall–Kier alpha value is -1.32. The third-order valence-corrected chi connectivity index (χ3v) is 6.57. The van der Waals surface area contributed by atoms with E-state index < -0.39 is 5.72 Å². The van der Waals surface area contributed by atoms with Crippen molar-refractivity contribution >= 4 is 17.5 Å². The van der Waals surface area contributed by atoms with Gasteiger partial charge in [0.05, 0.1) is 6.61 Å². The van der Waals surface area contributed by atoms with E-state index in [-0.39, 0.29) is 11.8 Å². The summed E-state index contributed by atoms with van der Waals surface area (Å²) in [5, 5.41) is 0.714. The largest absolute Gasteiger partial charge is 0.351 e. The number of carbonyl (C=O) groups is 1. The summed E-state index contributed by atoms with van der Waals surface area (Å²) >= 11 is 6.06. The number of benzene rings is 1. The van der Waals surface area contributed by atoms with E-state index in [9.17, 15) is 4.79 Å². The highest BCUT2D eigenvalue weighted by atomic mass is 35.5. The highest BCUT2D eigenvalue weighted by molar-refractivity contribution is 6.30. The van der Waals surface area contributed by atoms with E-state index in [1.807, 2.05) is 31.2 Å². The topological polar surface area (TPSA) is 29.5 Å². The number of ether oxygens (including phenoxy) is 1. The number of carbonyl (C=O) groups excluding carboxylic acids is 1. The van der Waals surface area contributed by atoms with Crippen LogP contribution >= 0.6 is 11.6 Å². The van der Waals surface area contributed by atoms with E-state index in [0.29, 0.717) is 28.8 Å². The molecule has 0 unspecified atom stereocenters. The van der Waals surface area contributed by atoms with Crippen LogP contribution < -0.4 is 0 Å². The van der Waals surface area contributed by atoms with Gasteiger partial charge in [-0.25, -0.2) is 0 Å². The van der Waals surface area contributed by atoms with Gasteiger partial charge in [0.25, 0.3) is 0 Å². The van der Waals surface area contributed by atoms with Gasteiger partial charge in [-0.3, -0.25) is 4.79 Å². The Labute approximate surface area is 141 Å². The lowest BCUT2D eigenvalue weighted by Gasteiger charge is -2.51. The summed E-state index contributed by atoms with van der Waals surface area (Å²) in [5.74, 6) is 1.79. The van der Waals surface area contributed by atoms with E-state index in [4.69, 9.17) is 16.3 Å². The van der Waals surface area contributed by atoms with E-state index >= 15 is 0 Å². The summed E-state index contributed by atoms with van der Waals surface area (Å²) in [4.78, 5) is 15.1. The van der Waals surface area contributed by atoms with Gasteiger partial charge in [-0.2, -0.15) is 0 Å². The number of fused-ring (bicyclic) bond motifs is 7. The first-order chi connectivity index (χ1) is 11.1. The number of halogens is 1. The summed E-state index contributed by atoms with van der Waals surface area (Å²) in [5.41, 5.74) is 0.463. The van der Waals surface area contributed by atoms with Crippen LogP contribution in [0.2, 0.25) is 5.02 Å². The third kappa shape index (κ3) is 1.72. The number of hydrogen-bond donors (Lipinski definition) is 0. The average molecular weight is 330 g/mol. The van der Waals surface area contributed by atoms with Gasteiger partial charge in [-0.05, 0) is 30.4 Å². The molecule has 120 valence electrons. The van der Waals surface area contributed by atoms with Crippen LogP contribution in [0.15, 0.2) is 36.4 Å². The lowest BCUT2D eigenvalue weighted by Crippen LogP contribution is -2.60. The van der Waals surface area contributed by atoms with E-state index in [1.165, 1.54) is 6.42 Å². The molecule has 1 aromatic rings. The molecule has 1 saturated carbocycles. The van der Waals surface area contributed by atoms with Crippen LogP contribution in [0, 0.1) is 23.7 Å². The first-order valence-electron chi connectivity index (χ1n) is 8.52. The van der Waals surface area contributed by atoms with Gasteiger partial charge in [-0.15, -0.1) is 0 Å². The monoisotopic (exact) mass is 329 g/mol. The predicted octanol–water partition coefficient (Wildman–Crippen LogP) is 3.58. The lowest BCUT2D eigenvalue weighted by atomic mass is 9.84. The zero-order valence-electron chi connectivity index (χ0n) is 13.1. The summed E-state index contributed by atoms with van der Waals surface area (Å²) in [6.07, 6.45) is 6.56. The van der Waals surface area contributed by atoms with Crippen LogP contribution in [0.25, 0.3) is 0 Å². The van der Waals surface area contributed by atoms with Gasteiger partial charge in [0, 0.05) is 34.9 Å². The van der Waals surface area contributed by atoms with Crippen LogP contribution in [0.5, 0.6) is 0 Å². The van der Waals surface area contributed by atoms with Crippen LogP contribution in [0.4, 0.5) is 0 Å². The lowest BCUT2D eigenvalue weighted by molar-refractivity contribution is -0.218. The van der Waals surface area contributed by atoms with Crippen LogP contribution in [-0.4, -0.2) is 23.5 Å². The molecule has 5 rings (SSSR count). The van der Waals surface area contributed by atoms with E-state index in [1.54, 1.807) is 0 Å². The molecule has 2 aliphatic heterocycles. The molecule has 3 fully saturated rings. The second-order valence-electron chi connectivity index (χ2n) is 7.52. The van der Waals surface area contributed by atoms with Gasteiger partial charge >= 0.3 is 0 Å². The molecule has 1 amide bonds. The van der Waals surface area contributed by atoms with Gasteiger partial charge in [0.15, 0.2) is 5.72 Å². The van der Waals surface area contributed by atoms with Gasteiger partial charge in [0.1, 0.15) is 0 Å². The van der Waals surface area contributed by atoms with Gasteiger partial charge in [-0.1, -0.05) is 42.8 Å². The molecule has 0 radical (unpaired) electrons. The average Bonchev–Trinajstić information content (AvgIpc) is 3.22. The minimum atomic E-state index is -0.597. The molecular formula is C19H20ClNO2. The Balaban J connectivity index is 1.64. The molecule has 6 atom stereocenters. The minimum absolute atomic E-state index is 0.00698. The molecule has 2 saturated heterocycles. The Bertz CT molecular complexity index is 700. The quantitative estimate of drug-likeness (QED) is 0.737. The van der Waals surface area contributed by atoms with Crippen molar-refractivity contribution < 1.29 is 9.53 Å². The summed E-state index contributed by atoms with van der Waals surface area (Å²) < 4.78 is 6.45.